The fourth-order valence-electron chi connectivity index (χ4n) is 1.41. The number of aromatic nitrogens is 1. The summed E-state index contributed by atoms with van der Waals surface area (Å²) in [7, 11) is 0. The first-order chi connectivity index (χ1) is 9.00. The highest BCUT2D eigenvalue weighted by Crippen LogP contribution is 2.19. The van der Waals surface area contributed by atoms with Crippen LogP contribution in [-0.2, 0) is 9.59 Å². The van der Waals surface area contributed by atoms with E-state index in [1.807, 2.05) is 0 Å². The summed E-state index contributed by atoms with van der Waals surface area (Å²) in [6.45, 7) is 1.53. The van der Waals surface area contributed by atoms with Crippen molar-refractivity contribution in [2.75, 3.05) is 5.75 Å². The van der Waals surface area contributed by atoms with Crippen molar-refractivity contribution in [3.05, 3.63) is 12.1 Å². The van der Waals surface area contributed by atoms with Gasteiger partial charge in [0.25, 0.3) is 0 Å². The Balaban J connectivity index is 2.17. The minimum Gasteiger partial charge on any atom is -0.492 e. The molecule has 6 nitrogen and oxygen atoms in total. The van der Waals surface area contributed by atoms with Gasteiger partial charge in [-0.25, -0.2) is 4.79 Å². The highest BCUT2D eigenvalue weighted by Gasteiger charge is 2.11. The molecule has 0 fully saturated rings. The van der Waals surface area contributed by atoms with Crippen LogP contribution in [0.4, 0.5) is 0 Å². The number of hydrogen-bond acceptors (Lipinski definition) is 6. The molecule has 7 heteroatoms. The predicted molar refractivity (Wildman–Crippen MR) is 71.0 cm³/mol. The van der Waals surface area contributed by atoms with E-state index in [2.05, 4.69) is 0 Å². The molecule has 1 aromatic heterocycles. The van der Waals surface area contributed by atoms with Crippen LogP contribution in [0.3, 0.4) is 0 Å². The van der Waals surface area contributed by atoms with Crippen molar-refractivity contribution in [2.45, 2.75) is 32.6 Å². The van der Waals surface area contributed by atoms with Crippen LogP contribution in [0.1, 0.15) is 32.6 Å². The number of carbonyl (C=O) groups is 2. The Labute approximate surface area is 115 Å². The number of nitrogens with zero attached hydrogens (tertiary/aromatic N) is 1. The van der Waals surface area contributed by atoms with Crippen molar-refractivity contribution in [1.82, 2.24) is 4.73 Å². The van der Waals surface area contributed by atoms with Crippen LogP contribution in [0.2, 0.25) is 0 Å². The molecule has 0 unspecified atom stereocenters. The maximum absolute atomic E-state index is 11.4. The number of rotatable bonds is 7. The topological polar surface area (TPSA) is 88.8 Å². The smallest absolute Gasteiger partial charge is 0.333 e. The molecule has 2 N–H and O–H groups in total. The minimum atomic E-state index is -0.527. The monoisotopic (exact) mass is 287 g/mol. The van der Waals surface area contributed by atoms with E-state index >= 15 is 0 Å². The van der Waals surface area contributed by atoms with E-state index in [0.717, 1.165) is 18.6 Å². The zero-order chi connectivity index (χ0) is 14.3. The van der Waals surface area contributed by atoms with Crippen molar-refractivity contribution in [1.29, 1.82) is 0 Å². The number of hydrogen-bond donors (Lipinski definition) is 2. The molecule has 19 heavy (non-hydrogen) atoms. The summed E-state index contributed by atoms with van der Waals surface area (Å²) in [5.41, 5.74) is 0. The molecule has 0 aliphatic heterocycles. The molecule has 0 aliphatic rings. The summed E-state index contributed by atoms with van der Waals surface area (Å²) in [4.78, 5) is 26.9. The summed E-state index contributed by atoms with van der Waals surface area (Å²) in [5.74, 6) is -0.433. The number of aromatic hydroxyl groups is 2. The Morgan fingerprint density at radius 1 is 1.21 bits per heavy atom. The highest BCUT2D eigenvalue weighted by atomic mass is 32.2. The Morgan fingerprint density at radius 2 is 1.84 bits per heavy atom. The van der Waals surface area contributed by atoms with E-state index in [1.165, 1.54) is 30.8 Å². The van der Waals surface area contributed by atoms with E-state index in [4.69, 9.17) is 4.84 Å². The molecule has 0 saturated carbocycles. The average Bonchev–Trinajstić information content (AvgIpc) is 2.65. The molecule has 0 atom stereocenters. The molecule has 0 aliphatic carbocycles. The third kappa shape index (κ3) is 5.69. The van der Waals surface area contributed by atoms with Crippen LogP contribution < -0.4 is 4.84 Å². The molecular formula is C12H17NO5S. The first-order valence-corrected chi connectivity index (χ1v) is 6.93. The standard InChI is InChI=1S/C12H17NO5S/c1-9(14)19-8-4-2-3-5-12(17)18-13-10(15)6-7-11(13)16/h6-7,15-16H,2-5,8H2,1H3. The first-order valence-electron chi connectivity index (χ1n) is 5.95. The summed E-state index contributed by atoms with van der Waals surface area (Å²) in [5, 5.41) is 18.6. The first kappa shape index (κ1) is 15.4. The lowest BCUT2D eigenvalue weighted by Gasteiger charge is -2.06. The summed E-state index contributed by atoms with van der Waals surface area (Å²) < 4.78 is 0.675. The Kier molecular flexibility index (Phi) is 6.27. The molecule has 106 valence electrons. The van der Waals surface area contributed by atoms with Gasteiger partial charge in [0.15, 0.2) is 5.12 Å². The number of thioether (sulfide) groups is 1. The van der Waals surface area contributed by atoms with Gasteiger partial charge in [0.05, 0.1) is 0 Å². The quantitative estimate of drug-likeness (QED) is 0.742. The summed E-state index contributed by atoms with van der Waals surface area (Å²) in [6.07, 6.45) is 2.51. The van der Waals surface area contributed by atoms with Gasteiger partial charge in [-0.1, -0.05) is 18.2 Å². The molecule has 0 radical (unpaired) electrons. The summed E-state index contributed by atoms with van der Waals surface area (Å²) >= 11 is 1.27. The predicted octanol–water partition coefficient (Wildman–Crippen LogP) is 1.69. The van der Waals surface area contributed by atoms with E-state index in [9.17, 15) is 19.8 Å². The maximum atomic E-state index is 11.4. The lowest BCUT2D eigenvalue weighted by Crippen LogP contribution is -2.18. The Bertz CT molecular complexity index is 424. The van der Waals surface area contributed by atoms with Gasteiger partial charge in [0, 0.05) is 31.2 Å². The highest BCUT2D eigenvalue weighted by molar-refractivity contribution is 8.13. The fourth-order valence-corrected chi connectivity index (χ4v) is 2.04. The molecule has 0 amide bonds. The van der Waals surface area contributed by atoms with Gasteiger partial charge >= 0.3 is 5.97 Å². The van der Waals surface area contributed by atoms with Gasteiger partial charge in [-0.2, -0.15) is 0 Å². The lowest BCUT2D eigenvalue weighted by molar-refractivity contribution is -0.145. The lowest BCUT2D eigenvalue weighted by atomic mass is 10.2. The van der Waals surface area contributed by atoms with Crippen LogP contribution in [0.15, 0.2) is 12.1 Å². The minimum absolute atomic E-state index is 0.0953. The van der Waals surface area contributed by atoms with E-state index < -0.39 is 5.97 Å². The summed E-state index contributed by atoms with van der Waals surface area (Å²) in [6, 6.07) is 2.45. The third-order valence-electron chi connectivity index (χ3n) is 2.32. The zero-order valence-corrected chi connectivity index (χ0v) is 11.5. The van der Waals surface area contributed by atoms with Crippen LogP contribution in [0.5, 0.6) is 11.8 Å². The molecule has 1 rings (SSSR count). The second-order valence-corrected chi connectivity index (χ2v) is 5.23. The van der Waals surface area contributed by atoms with Gasteiger partial charge in [-0.3, -0.25) is 4.79 Å². The molecular weight excluding hydrogens is 270 g/mol. The maximum Gasteiger partial charge on any atom is 0.333 e. The SMILES string of the molecule is CC(=O)SCCCCCC(=O)On1c(O)ccc1O. The molecule has 1 heterocycles. The molecule has 0 spiro atoms. The number of carbonyl (C=O) groups excluding carboxylic acids is 2. The van der Waals surface area contributed by atoms with E-state index in [1.54, 1.807) is 0 Å². The fraction of sp³-hybridized carbons (Fsp3) is 0.500. The molecule has 0 aromatic carbocycles. The van der Waals surface area contributed by atoms with Crippen molar-refractivity contribution < 1.29 is 24.6 Å². The molecule has 0 saturated heterocycles. The Hall–Kier alpha value is -1.63. The second kappa shape index (κ2) is 7.73. The van der Waals surface area contributed by atoms with E-state index in [0.29, 0.717) is 11.2 Å². The van der Waals surface area contributed by atoms with Crippen molar-refractivity contribution in [3.63, 3.8) is 0 Å². The molecule has 1 aromatic rings. The van der Waals surface area contributed by atoms with Crippen LogP contribution in [0, 0.1) is 0 Å². The average molecular weight is 287 g/mol. The normalized spacial score (nSPS) is 10.4. The van der Waals surface area contributed by atoms with Gasteiger partial charge in [-0.15, -0.1) is 4.73 Å². The van der Waals surface area contributed by atoms with E-state index in [-0.39, 0.29) is 23.3 Å². The Morgan fingerprint density at radius 3 is 2.42 bits per heavy atom. The zero-order valence-electron chi connectivity index (χ0n) is 10.7. The largest absolute Gasteiger partial charge is 0.492 e. The molecule has 0 bridgehead atoms. The number of unbranched alkanes of at least 4 members (excludes halogenated alkanes) is 2. The van der Waals surface area contributed by atoms with Gasteiger partial charge < -0.3 is 15.1 Å². The van der Waals surface area contributed by atoms with Crippen LogP contribution in [-0.4, -0.2) is 31.8 Å². The van der Waals surface area contributed by atoms with Crippen LogP contribution in [0.25, 0.3) is 0 Å². The third-order valence-corrected chi connectivity index (χ3v) is 3.22. The van der Waals surface area contributed by atoms with Gasteiger partial charge in [-0.05, 0) is 12.8 Å². The van der Waals surface area contributed by atoms with Crippen molar-refractivity contribution in [3.8, 4) is 11.8 Å². The van der Waals surface area contributed by atoms with Crippen molar-refractivity contribution >= 4 is 22.8 Å². The van der Waals surface area contributed by atoms with Crippen molar-refractivity contribution in [2.24, 2.45) is 0 Å². The van der Waals surface area contributed by atoms with Crippen LogP contribution >= 0.6 is 11.8 Å². The van der Waals surface area contributed by atoms with Gasteiger partial charge in [0.1, 0.15) is 0 Å². The van der Waals surface area contributed by atoms with Gasteiger partial charge in [0.2, 0.25) is 11.8 Å². The second-order valence-electron chi connectivity index (χ2n) is 3.96.